The van der Waals surface area contributed by atoms with Crippen LogP contribution in [0.2, 0.25) is 0 Å². The topological polar surface area (TPSA) is 72.0 Å². The van der Waals surface area contributed by atoms with Crippen molar-refractivity contribution in [1.82, 2.24) is 15.2 Å². The SMILES string of the molecule is COc1ccccc1Nc1cnnc(NCc2ccc(C)cc2)n1. The molecule has 2 N–H and O–H groups in total. The van der Waals surface area contributed by atoms with Crippen LogP contribution in [0.5, 0.6) is 5.75 Å². The fraction of sp³-hybridized carbons (Fsp3) is 0.167. The molecule has 1 aromatic heterocycles. The van der Waals surface area contributed by atoms with E-state index >= 15 is 0 Å². The van der Waals surface area contributed by atoms with Crippen LogP contribution in [0.15, 0.2) is 54.7 Å². The second kappa shape index (κ2) is 7.41. The van der Waals surface area contributed by atoms with Gasteiger partial charge in [0.05, 0.1) is 19.0 Å². The van der Waals surface area contributed by atoms with E-state index in [-0.39, 0.29) is 0 Å². The van der Waals surface area contributed by atoms with E-state index in [0.717, 1.165) is 17.0 Å². The second-order valence-corrected chi connectivity index (χ2v) is 5.33. The van der Waals surface area contributed by atoms with E-state index in [2.05, 4.69) is 57.0 Å². The molecule has 0 bridgehead atoms. The normalized spacial score (nSPS) is 10.2. The summed E-state index contributed by atoms with van der Waals surface area (Å²) in [6.07, 6.45) is 1.57. The summed E-state index contributed by atoms with van der Waals surface area (Å²) >= 11 is 0. The van der Waals surface area contributed by atoms with Gasteiger partial charge in [0.1, 0.15) is 5.75 Å². The fourth-order valence-electron chi connectivity index (χ4n) is 2.21. The maximum absolute atomic E-state index is 5.32. The Morgan fingerprint density at radius 3 is 2.62 bits per heavy atom. The van der Waals surface area contributed by atoms with Gasteiger partial charge in [0.25, 0.3) is 0 Å². The molecule has 0 saturated carbocycles. The lowest BCUT2D eigenvalue weighted by Gasteiger charge is -2.10. The molecule has 6 nitrogen and oxygen atoms in total. The molecule has 0 aliphatic carbocycles. The number of aromatic nitrogens is 3. The Balaban J connectivity index is 1.68. The van der Waals surface area contributed by atoms with Gasteiger partial charge >= 0.3 is 0 Å². The van der Waals surface area contributed by atoms with Crippen molar-refractivity contribution in [1.29, 1.82) is 0 Å². The maximum atomic E-state index is 5.32. The van der Waals surface area contributed by atoms with Gasteiger partial charge in [-0.2, -0.15) is 10.1 Å². The first-order valence-corrected chi connectivity index (χ1v) is 7.64. The molecule has 6 heteroatoms. The third-order valence-electron chi connectivity index (χ3n) is 3.50. The molecular weight excluding hydrogens is 302 g/mol. The van der Waals surface area contributed by atoms with E-state index in [1.807, 2.05) is 24.3 Å². The van der Waals surface area contributed by atoms with Crippen LogP contribution in [-0.4, -0.2) is 22.3 Å². The van der Waals surface area contributed by atoms with Gasteiger partial charge in [-0.1, -0.05) is 42.0 Å². The summed E-state index contributed by atoms with van der Waals surface area (Å²) in [5.74, 6) is 1.81. The summed E-state index contributed by atoms with van der Waals surface area (Å²) < 4.78 is 5.32. The lowest BCUT2D eigenvalue weighted by Crippen LogP contribution is -2.06. The third-order valence-corrected chi connectivity index (χ3v) is 3.50. The highest BCUT2D eigenvalue weighted by Crippen LogP contribution is 2.25. The first-order chi connectivity index (χ1) is 11.7. The number of anilines is 3. The summed E-state index contributed by atoms with van der Waals surface area (Å²) in [5.41, 5.74) is 3.22. The largest absolute Gasteiger partial charge is 0.495 e. The molecular formula is C18H19N5O. The van der Waals surface area contributed by atoms with E-state index in [4.69, 9.17) is 4.74 Å². The number of aryl methyl sites for hydroxylation is 1. The van der Waals surface area contributed by atoms with Crippen LogP contribution in [0.3, 0.4) is 0 Å². The molecule has 1 heterocycles. The fourth-order valence-corrected chi connectivity index (χ4v) is 2.21. The van der Waals surface area contributed by atoms with Crippen LogP contribution in [0, 0.1) is 6.92 Å². The van der Waals surface area contributed by atoms with E-state index in [9.17, 15) is 0 Å². The van der Waals surface area contributed by atoms with Gasteiger partial charge in [-0.3, -0.25) is 0 Å². The predicted octanol–water partition coefficient (Wildman–Crippen LogP) is 3.54. The Bertz CT molecular complexity index is 805. The Labute approximate surface area is 140 Å². The van der Waals surface area contributed by atoms with Crippen molar-refractivity contribution >= 4 is 17.5 Å². The minimum Gasteiger partial charge on any atom is -0.495 e. The number of methoxy groups -OCH3 is 1. The number of hydrogen-bond donors (Lipinski definition) is 2. The van der Waals surface area contributed by atoms with E-state index in [1.165, 1.54) is 5.56 Å². The summed E-state index contributed by atoms with van der Waals surface area (Å²) in [7, 11) is 1.63. The van der Waals surface area contributed by atoms with Crippen LogP contribution in [0.1, 0.15) is 11.1 Å². The zero-order valence-corrected chi connectivity index (χ0v) is 13.7. The number of hydrogen-bond acceptors (Lipinski definition) is 6. The molecule has 0 radical (unpaired) electrons. The van der Waals surface area contributed by atoms with Crippen LogP contribution < -0.4 is 15.4 Å². The van der Waals surface area contributed by atoms with Gasteiger partial charge in [0, 0.05) is 6.54 Å². The van der Waals surface area contributed by atoms with Crippen molar-refractivity contribution in [3.8, 4) is 5.75 Å². The van der Waals surface area contributed by atoms with Crippen molar-refractivity contribution in [2.24, 2.45) is 0 Å². The first-order valence-electron chi connectivity index (χ1n) is 7.64. The first kappa shape index (κ1) is 15.7. The van der Waals surface area contributed by atoms with Crippen LogP contribution in [0.4, 0.5) is 17.5 Å². The van der Waals surface area contributed by atoms with E-state index < -0.39 is 0 Å². The zero-order chi connectivity index (χ0) is 16.8. The molecule has 0 amide bonds. The van der Waals surface area contributed by atoms with Crippen molar-refractivity contribution < 1.29 is 4.74 Å². The van der Waals surface area contributed by atoms with Gasteiger partial charge < -0.3 is 15.4 Å². The number of rotatable bonds is 6. The van der Waals surface area contributed by atoms with Gasteiger partial charge in [-0.25, -0.2) is 0 Å². The standard InChI is InChI=1S/C18H19N5O/c1-13-7-9-14(10-8-13)11-19-18-22-17(12-20-23-18)21-15-5-3-4-6-16(15)24-2/h3-10,12H,11H2,1-2H3,(H2,19,21,22,23). The van der Waals surface area contributed by atoms with Crippen LogP contribution in [-0.2, 0) is 6.54 Å². The van der Waals surface area contributed by atoms with Gasteiger partial charge in [0.15, 0.2) is 5.82 Å². The molecule has 0 aliphatic heterocycles. The number of benzene rings is 2. The molecule has 0 saturated heterocycles. The smallest absolute Gasteiger partial charge is 0.244 e. The Morgan fingerprint density at radius 1 is 1.04 bits per heavy atom. The van der Waals surface area contributed by atoms with Crippen molar-refractivity contribution in [3.63, 3.8) is 0 Å². The maximum Gasteiger partial charge on any atom is 0.244 e. The molecule has 3 aromatic rings. The Morgan fingerprint density at radius 2 is 1.83 bits per heavy atom. The highest BCUT2D eigenvalue weighted by atomic mass is 16.5. The summed E-state index contributed by atoms with van der Waals surface area (Å²) in [4.78, 5) is 4.42. The van der Waals surface area contributed by atoms with Crippen molar-refractivity contribution in [2.75, 3.05) is 17.7 Å². The highest BCUT2D eigenvalue weighted by molar-refractivity contribution is 5.63. The van der Waals surface area contributed by atoms with Crippen molar-refractivity contribution in [2.45, 2.75) is 13.5 Å². The van der Waals surface area contributed by atoms with Crippen LogP contribution >= 0.6 is 0 Å². The zero-order valence-electron chi connectivity index (χ0n) is 13.7. The summed E-state index contributed by atoms with van der Waals surface area (Å²) in [6.45, 7) is 2.71. The van der Waals surface area contributed by atoms with Gasteiger partial charge in [-0.15, -0.1) is 5.10 Å². The minimum atomic E-state index is 0.468. The molecule has 24 heavy (non-hydrogen) atoms. The van der Waals surface area contributed by atoms with E-state index in [0.29, 0.717) is 18.3 Å². The van der Waals surface area contributed by atoms with Gasteiger partial charge in [-0.05, 0) is 24.6 Å². The molecule has 3 rings (SSSR count). The number of para-hydroxylation sites is 2. The van der Waals surface area contributed by atoms with E-state index in [1.54, 1.807) is 13.3 Å². The molecule has 0 spiro atoms. The minimum absolute atomic E-state index is 0.468. The third kappa shape index (κ3) is 3.98. The van der Waals surface area contributed by atoms with Gasteiger partial charge in [0.2, 0.25) is 5.95 Å². The highest BCUT2D eigenvalue weighted by Gasteiger charge is 2.05. The number of ether oxygens (including phenoxy) is 1. The van der Waals surface area contributed by atoms with Crippen molar-refractivity contribution in [3.05, 3.63) is 65.9 Å². The molecule has 0 aliphatic rings. The Hall–Kier alpha value is -3.15. The molecule has 122 valence electrons. The molecule has 2 aromatic carbocycles. The predicted molar refractivity (Wildman–Crippen MR) is 94.6 cm³/mol. The average Bonchev–Trinajstić information content (AvgIpc) is 2.62. The second-order valence-electron chi connectivity index (χ2n) is 5.33. The number of nitrogens with zero attached hydrogens (tertiary/aromatic N) is 3. The summed E-state index contributed by atoms with van der Waals surface area (Å²) in [6, 6.07) is 16.0. The molecule has 0 atom stereocenters. The number of nitrogens with one attached hydrogen (secondary N) is 2. The lowest BCUT2D eigenvalue weighted by atomic mass is 10.1. The average molecular weight is 321 g/mol. The Kier molecular flexibility index (Phi) is 4.86. The lowest BCUT2D eigenvalue weighted by molar-refractivity contribution is 0.417. The summed E-state index contributed by atoms with van der Waals surface area (Å²) in [5, 5.41) is 14.4. The van der Waals surface area contributed by atoms with Crippen LogP contribution in [0.25, 0.3) is 0 Å². The quantitative estimate of drug-likeness (QED) is 0.723. The molecule has 0 fully saturated rings. The monoisotopic (exact) mass is 321 g/mol. The molecule has 0 unspecified atom stereocenters.